The van der Waals surface area contributed by atoms with Crippen molar-refractivity contribution in [3.05, 3.63) is 75.9 Å². The van der Waals surface area contributed by atoms with Crippen LogP contribution in [-0.4, -0.2) is 21.8 Å². The van der Waals surface area contributed by atoms with Crippen molar-refractivity contribution in [2.24, 2.45) is 5.10 Å². The molecule has 2 N–H and O–H groups in total. The van der Waals surface area contributed by atoms with Gasteiger partial charge in [-0.25, -0.2) is 5.43 Å². The predicted octanol–water partition coefficient (Wildman–Crippen LogP) is 4.54. The van der Waals surface area contributed by atoms with Crippen LogP contribution in [0.4, 0.5) is 0 Å². The molecule has 0 radical (unpaired) electrons. The fourth-order valence-corrected chi connectivity index (χ4v) is 2.47. The minimum Gasteiger partial charge on any atom is -0.272 e. The van der Waals surface area contributed by atoms with Gasteiger partial charge in [0.05, 0.1) is 21.5 Å². The number of halogens is 2. The minimum absolute atomic E-state index is 0.324. The Bertz CT molecular complexity index is 935. The van der Waals surface area contributed by atoms with Crippen LogP contribution in [0, 0.1) is 0 Å². The van der Waals surface area contributed by atoms with E-state index in [0.29, 0.717) is 27.1 Å². The van der Waals surface area contributed by atoms with Gasteiger partial charge in [-0.3, -0.25) is 9.89 Å². The number of hydrogen-bond acceptors (Lipinski definition) is 3. The zero-order valence-electron chi connectivity index (χ0n) is 13.3. The molecule has 0 saturated carbocycles. The molecular weight excluding hydrogens is 359 g/mol. The van der Waals surface area contributed by atoms with Crippen molar-refractivity contribution in [3.63, 3.8) is 0 Å². The number of aromatic amines is 1. The molecule has 0 unspecified atom stereocenters. The minimum atomic E-state index is -0.380. The van der Waals surface area contributed by atoms with Gasteiger partial charge in [-0.15, -0.1) is 0 Å². The molecule has 3 aromatic rings. The van der Waals surface area contributed by atoms with Crippen LogP contribution < -0.4 is 5.43 Å². The van der Waals surface area contributed by atoms with E-state index >= 15 is 0 Å². The molecule has 0 fully saturated rings. The quantitative estimate of drug-likeness (QED) is 0.521. The molecule has 1 heterocycles. The first-order valence-corrected chi connectivity index (χ1v) is 8.21. The number of nitrogens with one attached hydrogen (secondary N) is 2. The number of hydrogen-bond donors (Lipinski definition) is 2. The number of amides is 1. The van der Waals surface area contributed by atoms with Crippen molar-refractivity contribution >= 4 is 34.8 Å². The van der Waals surface area contributed by atoms with Crippen LogP contribution in [0.15, 0.2) is 59.7 Å². The van der Waals surface area contributed by atoms with Crippen molar-refractivity contribution < 1.29 is 4.79 Å². The highest BCUT2D eigenvalue weighted by Gasteiger charge is 2.11. The molecule has 2 aromatic carbocycles. The third kappa shape index (κ3) is 4.07. The maximum Gasteiger partial charge on any atom is 0.289 e. The third-order valence-electron chi connectivity index (χ3n) is 3.55. The average Bonchev–Trinajstić information content (AvgIpc) is 3.12. The van der Waals surface area contributed by atoms with E-state index in [-0.39, 0.29) is 5.91 Å². The fraction of sp³-hybridized carbons (Fsp3) is 0.0556. The molecule has 126 valence electrons. The second kappa shape index (κ2) is 7.51. The van der Waals surface area contributed by atoms with E-state index in [2.05, 4.69) is 20.7 Å². The zero-order chi connectivity index (χ0) is 17.8. The highest BCUT2D eigenvalue weighted by atomic mass is 35.5. The van der Waals surface area contributed by atoms with Crippen LogP contribution in [-0.2, 0) is 0 Å². The number of hydrazone groups is 1. The number of carbonyl (C=O) groups is 1. The van der Waals surface area contributed by atoms with Gasteiger partial charge in [-0.1, -0.05) is 59.6 Å². The van der Waals surface area contributed by atoms with Crippen molar-refractivity contribution in [1.29, 1.82) is 0 Å². The van der Waals surface area contributed by atoms with Crippen LogP contribution >= 0.6 is 23.2 Å². The molecule has 0 aliphatic heterocycles. The molecular formula is C18H14Cl2N4O. The molecule has 0 aliphatic carbocycles. The van der Waals surface area contributed by atoms with E-state index in [0.717, 1.165) is 11.1 Å². The Hall–Kier alpha value is -2.63. The normalized spacial score (nSPS) is 11.4. The summed E-state index contributed by atoms with van der Waals surface area (Å²) >= 11 is 11.9. The second-order valence-electron chi connectivity index (χ2n) is 5.30. The lowest BCUT2D eigenvalue weighted by Gasteiger charge is -2.03. The SMILES string of the molecule is C/C(=N/NC(=O)c1cc(-c2ccccc2)n[nH]1)c1ccc(Cl)c(Cl)c1. The van der Waals surface area contributed by atoms with Gasteiger partial charge < -0.3 is 0 Å². The lowest BCUT2D eigenvalue weighted by molar-refractivity contribution is 0.0950. The van der Waals surface area contributed by atoms with Crippen molar-refractivity contribution in [3.8, 4) is 11.3 Å². The topological polar surface area (TPSA) is 70.1 Å². The van der Waals surface area contributed by atoms with Crippen molar-refractivity contribution in [1.82, 2.24) is 15.6 Å². The zero-order valence-corrected chi connectivity index (χ0v) is 14.8. The number of aromatic nitrogens is 2. The molecule has 0 aliphatic rings. The summed E-state index contributed by atoms with van der Waals surface area (Å²) < 4.78 is 0. The van der Waals surface area contributed by atoms with Gasteiger partial charge in [0.25, 0.3) is 5.91 Å². The van der Waals surface area contributed by atoms with Gasteiger partial charge >= 0.3 is 0 Å². The Labute approximate surface area is 154 Å². The average molecular weight is 373 g/mol. The Balaban J connectivity index is 1.72. The predicted molar refractivity (Wildman–Crippen MR) is 100 cm³/mol. The second-order valence-corrected chi connectivity index (χ2v) is 6.11. The standard InChI is InChI=1S/C18H14Cl2N4O/c1-11(13-7-8-14(19)15(20)9-13)21-24-18(25)17-10-16(22-23-17)12-5-3-2-4-6-12/h2-10H,1H3,(H,22,23)(H,24,25)/b21-11-. The maximum absolute atomic E-state index is 12.2. The lowest BCUT2D eigenvalue weighted by atomic mass is 10.1. The smallest absolute Gasteiger partial charge is 0.272 e. The molecule has 3 rings (SSSR count). The molecule has 0 bridgehead atoms. The Kier molecular flexibility index (Phi) is 5.16. The molecule has 0 atom stereocenters. The Morgan fingerprint density at radius 3 is 2.56 bits per heavy atom. The number of benzene rings is 2. The van der Waals surface area contributed by atoms with Crippen LogP contribution in [0.3, 0.4) is 0 Å². The summed E-state index contributed by atoms with van der Waals surface area (Å²) in [5.74, 6) is -0.380. The van der Waals surface area contributed by atoms with Gasteiger partial charge in [-0.2, -0.15) is 10.2 Å². The molecule has 25 heavy (non-hydrogen) atoms. The summed E-state index contributed by atoms with van der Waals surface area (Å²) in [4.78, 5) is 12.2. The summed E-state index contributed by atoms with van der Waals surface area (Å²) in [6.07, 6.45) is 0. The number of carbonyl (C=O) groups excluding carboxylic acids is 1. The van der Waals surface area contributed by atoms with Crippen LogP contribution in [0.2, 0.25) is 10.0 Å². The van der Waals surface area contributed by atoms with Gasteiger partial charge in [-0.05, 0) is 30.7 Å². The molecule has 0 spiro atoms. The first kappa shape index (κ1) is 17.2. The Morgan fingerprint density at radius 1 is 1.08 bits per heavy atom. The van der Waals surface area contributed by atoms with Gasteiger partial charge in [0.15, 0.2) is 0 Å². The van der Waals surface area contributed by atoms with E-state index in [1.807, 2.05) is 30.3 Å². The summed E-state index contributed by atoms with van der Waals surface area (Å²) in [7, 11) is 0. The molecule has 0 saturated heterocycles. The molecule has 5 nitrogen and oxygen atoms in total. The first-order valence-electron chi connectivity index (χ1n) is 7.45. The lowest BCUT2D eigenvalue weighted by Crippen LogP contribution is -2.19. The van der Waals surface area contributed by atoms with Crippen LogP contribution in [0.1, 0.15) is 23.0 Å². The summed E-state index contributed by atoms with van der Waals surface area (Å²) in [6, 6.07) is 16.4. The van der Waals surface area contributed by atoms with E-state index in [1.165, 1.54) is 0 Å². The fourth-order valence-electron chi connectivity index (χ4n) is 2.18. The number of nitrogens with zero attached hydrogens (tertiary/aromatic N) is 2. The van der Waals surface area contributed by atoms with Gasteiger partial charge in [0.1, 0.15) is 5.69 Å². The van der Waals surface area contributed by atoms with E-state index in [1.54, 1.807) is 31.2 Å². The maximum atomic E-state index is 12.2. The van der Waals surface area contributed by atoms with E-state index < -0.39 is 0 Å². The molecule has 1 aromatic heterocycles. The number of H-pyrrole nitrogens is 1. The highest BCUT2D eigenvalue weighted by Crippen LogP contribution is 2.23. The third-order valence-corrected chi connectivity index (χ3v) is 4.29. The van der Waals surface area contributed by atoms with Crippen molar-refractivity contribution in [2.75, 3.05) is 0 Å². The van der Waals surface area contributed by atoms with Gasteiger partial charge in [0, 0.05) is 5.56 Å². The van der Waals surface area contributed by atoms with Gasteiger partial charge in [0.2, 0.25) is 0 Å². The molecule has 1 amide bonds. The van der Waals surface area contributed by atoms with Crippen molar-refractivity contribution in [2.45, 2.75) is 6.92 Å². The summed E-state index contributed by atoms with van der Waals surface area (Å²) in [5, 5.41) is 11.9. The van der Waals surface area contributed by atoms with E-state index in [4.69, 9.17) is 23.2 Å². The first-order chi connectivity index (χ1) is 12.0. The molecule has 7 heteroatoms. The summed E-state index contributed by atoms with van der Waals surface area (Å²) in [5.41, 5.74) is 5.81. The Morgan fingerprint density at radius 2 is 1.84 bits per heavy atom. The highest BCUT2D eigenvalue weighted by molar-refractivity contribution is 6.42. The largest absolute Gasteiger partial charge is 0.289 e. The van der Waals surface area contributed by atoms with Crippen LogP contribution in [0.25, 0.3) is 11.3 Å². The number of rotatable bonds is 4. The summed E-state index contributed by atoms with van der Waals surface area (Å²) in [6.45, 7) is 1.77. The van der Waals surface area contributed by atoms with Crippen LogP contribution in [0.5, 0.6) is 0 Å². The monoisotopic (exact) mass is 372 g/mol. The van der Waals surface area contributed by atoms with E-state index in [9.17, 15) is 4.79 Å².